The van der Waals surface area contributed by atoms with E-state index in [1.165, 1.54) is 4.57 Å². The number of aliphatic carboxylic acids is 1. The van der Waals surface area contributed by atoms with Gasteiger partial charge in [-0.15, -0.1) is 0 Å². The van der Waals surface area contributed by atoms with Crippen LogP contribution in [-0.4, -0.2) is 20.6 Å². The van der Waals surface area contributed by atoms with Gasteiger partial charge in [0.25, 0.3) is 0 Å². The molecule has 4 nitrogen and oxygen atoms in total. The molecule has 0 radical (unpaired) electrons. The second kappa shape index (κ2) is 5.19. The van der Waals surface area contributed by atoms with E-state index in [0.29, 0.717) is 11.3 Å². The second-order valence-electron chi connectivity index (χ2n) is 5.24. The van der Waals surface area contributed by atoms with E-state index >= 15 is 0 Å². The second-order valence-corrected chi connectivity index (χ2v) is 5.24. The minimum absolute atomic E-state index is 0.0205. The van der Waals surface area contributed by atoms with Crippen LogP contribution in [0.3, 0.4) is 0 Å². The average Bonchev–Trinajstić information content (AvgIpc) is 2.67. The van der Waals surface area contributed by atoms with Gasteiger partial charge in [0, 0.05) is 18.1 Å². The molecule has 0 amide bonds. The van der Waals surface area contributed by atoms with Crippen molar-refractivity contribution in [2.75, 3.05) is 0 Å². The van der Waals surface area contributed by atoms with Crippen molar-refractivity contribution < 1.29 is 18.7 Å². The molecule has 0 aliphatic carbocycles. The molecule has 0 fully saturated rings. The molecule has 0 saturated heterocycles. The zero-order chi connectivity index (χ0) is 15.0. The predicted molar refractivity (Wildman–Crippen MR) is 70.5 cm³/mol. The Morgan fingerprint density at radius 2 is 1.90 bits per heavy atom. The number of imidazole rings is 1. The highest BCUT2D eigenvalue weighted by molar-refractivity contribution is 5.78. The van der Waals surface area contributed by atoms with Crippen LogP contribution in [0, 0.1) is 17.6 Å². The van der Waals surface area contributed by atoms with Gasteiger partial charge in [-0.3, -0.25) is 4.79 Å². The number of fused-ring (bicyclic) bond motifs is 1. The van der Waals surface area contributed by atoms with E-state index in [2.05, 4.69) is 4.98 Å². The highest BCUT2D eigenvalue weighted by atomic mass is 19.2. The fourth-order valence-corrected chi connectivity index (χ4v) is 2.09. The maximum atomic E-state index is 13.4. The number of halogens is 2. The van der Waals surface area contributed by atoms with Crippen LogP contribution in [0.2, 0.25) is 0 Å². The number of hydrogen-bond donors (Lipinski definition) is 1. The number of hydrogen-bond acceptors (Lipinski definition) is 2. The molecule has 0 aliphatic rings. The molecule has 0 spiro atoms. The number of aromatic nitrogens is 2. The molecule has 1 unspecified atom stereocenters. The van der Waals surface area contributed by atoms with Gasteiger partial charge in [0.15, 0.2) is 11.6 Å². The Bertz CT molecular complexity index is 665. The third-order valence-electron chi connectivity index (χ3n) is 3.52. The fourth-order valence-electron chi connectivity index (χ4n) is 2.09. The van der Waals surface area contributed by atoms with E-state index in [1.807, 2.05) is 20.8 Å². The number of carbonyl (C=O) groups is 1. The lowest BCUT2D eigenvalue weighted by Crippen LogP contribution is -2.16. The molecule has 2 rings (SSSR count). The topological polar surface area (TPSA) is 55.1 Å². The molecule has 1 N–H and O–H groups in total. The Balaban J connectivity index is 2.69. The summed E-state index contributed by atoms with van der Waals surface area (Å²) in [5.41, 5.74) is 0.571. The van der Waals surface area contributed by atoms with Crippen LogP contribution in [-0.2, 0) is 11.3 Å². The lowest BCUT2D eigenvalue weighted by atomic mass is 9.97. The molecule has 1 aromatic carbocycles. The van der Waals surface area contributed by atoms with Gasteiger partial charge in [0.1, 0.15) is 12.4 Å². The summed E-state index contributed by atoms with van der Waals surface area (Å²) in [6.07, 6.45) is 0. The lowest BCUT2D eigenvalue weighted by molar-refractivity contribution is -0.137. The van der Waals surface area contributed by atoms with E-state index in [4.69, 9.17) is 5.11 Å². The number of carboxylic acids is 1. The highest BCUT2D eigenvalue weighted by Crippen LogP contribution is 2.28. The summed E-state index contributed by atoms with van der Waals surface area (Å²) in [6.45, 7) is 5.55. The fraction of sp³-hybridized carbons (Fsp3) is 0.429. The minimum Gasteiger partial charge on any atom is -0.480 e. The van der Waals surface area contributed by atoms with Gasteiger partial charge < -0.3 is 9.67 Å². The standard InChI is InChI=1S/C14H16F2N2O2/c1-7(2)8(3)14-17-11-4-9(15)10(16)5-12(11)18(14)6-13(19)20/h4-5,7-8H,6H2,1-3H3,(H,19,20). The van der Waals surface area contributed by atoms with Crippen molar-refractivity contribution in [3.05, 3.63) is 29.6 Å². The molecular formula is C14H16F2N2O2. The van der Waals surface area contributed by atoms with Crippen LogP contribution in [0.25, 0.3) is 11.0 Å². The first-order valence-electron chi connectivity index (χ1n) is 6.38. The number of carboxylic acid groups (broad SMARTS) is 1. The first-order valence-corrected chi connectivity index (χ1v) is 6.38. The van der Waals surface area contributed by atoms with E-state index in [0.717, 1.165) is 12.1 Å². The molecule has 1 aromatic heterocycles. The number of nitrogens with zero attached hydrogens (tertiary/aromatic N) is 2. The van der Waals surface area contributed by atoms with Crippen LogP contribution in [0.4, 0.5) is 8.78 Å². The summed E-state index contributed by atoms with van der Waals surface area (Å²) >= 11 is 0. The monoisotopic (exact) mass is 282 g/mol. The Labute approximate surface area is 115 Å². The molecule has 1 heterocycles. The van der Waals surface area contributed by atoms with Crippen LogP contribution >= 0.6 is 0 Å². The van der Waals surface area contributed by atoms with Crippen LogP contribution < -0.4 is 0 Å². The molecule has 108 valence electrons. The van der Waals surface area contributed by atoms with Crippen molar-refractivity contribution in [3.8, 4) is 0 Å². The van der Waals surface area contributed by atoms with Gasteiger partial charge >= 0.3 is 5.97 Å². The maximum absolute atomic E-state index is 13.4. The summed E-state index contributed by atoms with van der Waals surface area (Å²) in [5.74, 6) is -2.30. The summed E-state index contributed by atoms with van der Waals surface area (Å²) < 4.78 is 28.1. The lowest BCUT2D eigenvalue weighted by Gasteiger charge is -2.16. The van der Waals surface area contributed by atoms with Gasteiger partial charge in [0.05, 0.1) is 11.0 Å². The zero-order valence-corrected chi connectivity index (χ0v) is 11.5. The first-order chi connectivity index (χ1) is 9.31. The smallest absolute Gasteiger partial charge is 0.323 e. The normalized spacial score (nSPS) is 13.1. The molecule has 6 heteroatoms. The quantitative estimate of drug-likeness (QED) is 0.937. The minimum atomic E-state index is -1.05. The Kier molecular flexibility index (Phi) is 3.74. The van der Waals surface area contributed by atoms with Gasteiger partial charge in [-0.25, -0.2) is 13.8 Å². The van der Waals surface area contributed by atoms with Crippen molar-refractivity contribution >= 4 is 17.0 Å². The third-order valence-corrected chi connectivity index (χ3v) is 3.52. The third kappa shape index (κ3) is 2.50. The summed E-state index contributed by atoms with van der Waals surface area (Å²) in [6, 6.07) is 2.00. The first kappa shape index (κ1) is 14.4. The number of benzene rings is 1. The van der Waals surface area contributed by atoms with Gasteiger partial charge in [-0.2, -0.15) is 0 Å². The summed E-state index contributed by atoms with van der Waals surface area (Å²) in [4.78, 5) is 15.3. The van der Waals surface area contributed by atoms with Crippen molar-refractivity contribution in [2.45, 2.75) is 33.2 Å². The SMILES string of the molecule is CC(C)C(C)c1nc2cc(F)c(F)cc2n1CC(=O)O. The summed E-state index contributed by atoms with van der Waals surface area (Å²) in [7, 11) is 0. The van der Waals surface area contributed by atoms with E-state index in [1.54, 1.807) is 0 Å². The molecule has 0 saturated carbocycles. The highest BCUT2D eigenvalue weighted by Gasteiger charge is 2.21. The van der Waals surface area contributed by atoms with Gasteiger partial charge in [-0.05, 0) is 5.92 Å². The van der Waals surface area contributed by atoms with Crippen LogP contribution in [0.1, 0.15) is 32.5 Å². The average molecular weight is 282 g/mol. The molecule has 0 bridgehead atoms. The maximum Gasteiger partial charge on any atom is 0.323 e. The van der Waals surface area contributed by atoms with Crippen molar-refractivity contribution in [1.29, 1.82) is 0 Å². The van der Waals surface area contributed by atoms with Crippen molar-refractivity contribution in [3.63, 3.8) is 0 Å². The van der Waals surface area contributed by atoms with Crippen molar-refractivity contribution in [1.82, 2.24) is 9.55 Å². The Hall–Kier alpha value is -1.98. The molecule has 1 atom stereocenters. The van der Waals surface area contributed by atoms with Crippen LogP contribution in [0.15, 0.2) is 12.1 Å². The van der Waals surface area contributed by atoms with Gasteiger partial charge in [-0.1, -0.05) is 20.8 Å². The Morgan fingerprint density at radius 3 is 2.45 bits per heavy atom. The van der Waals surface area contributed by atoms with E-state index in [-0.39, 0.29) is 23.9 Å². The Morgan fingerprint density at radius 1 is 1.30 bits per heavy atom. The molecule has 0 aliphatic heterocycles. The molecule has 2 aromatic rings. The summed E-state index contributed by atoms with van der Waals surface area (Å²) in [5, 5.41) is 9.00. The zero-order valence-electron chi connectivity index (χ0n) is 11.5. The van der Waals surface area contributed by atoms with Crippen molar-refractivity contribution in [2.24, 2.45) is 5.92 Å². The van der Waals surface area contributed by atoms with Gasteiger partial charge in [0.2, 0.25) is 0 Å². The van der Waals surface area contributed by atoms with Crippen LogP contribution in [0.5, 0.6) is 0 Å². The predicted octanol–water partition coefficient (Wildman–Crippen LogP) is 3.16. The van der Waals surface area contributed by atoms with E-state index < -0.39 is 17.6 Å². The number of rotatable bonds is 4. The van der Waals surface area contributed by atoms with E-state index in [9.17, 15) is 13.6 Å². The molecular weight excluding hydrogens is 266 g/mol. The molecule has 20 heavy (non-hydrogen) atoms. The largest absolute Gasteiger partial charge is 0.480 e.